The lowest BCUT2D eigenvalue weighted by molar-refractivity contribution is -0.468. The second kappa shape index (κ2) is 8.03. The molecule has 0 aromatic heterocycles. The molecule has 22 heteroatoms. The molecular formula is C8H2F18O3P+. The van der Waals surface area contributed by atoms with Crippen LogP contribution in [0.1, 0.15) is 0 Å². The first-order chi connectivity index (χ1) is 12.5. The van der Waals surface area contributed by atoms with Gasteiger partial charge in [-0.15, -0.1) is 9.79 Å². The van der Waals surface area contributed by atoms with Crippen LogP contribution in [0.25, 0.3) is 0 Å². The van der Waals surface area contributed by atoms with Crippen molar-refractivity contribution in [2.45, 2.75) is 47.9 Å². The van der Waals surface area contributed by atoms with Gasteiger partial charge in [-0.2, -0.15) is 79.0 Å². The number of hydrogen-bond donors (Lipinski definition) is 2. The van der Waals surface area contributed by atoms with E-state index < -0.39 is 56.1 Å². The fraction of sp³-hybridized carbons (Fsp3) is 1.00. The van der Waals surface area contributed by atoms with Gasteiger partial charge >= 0.3 is 56.1 Å². The SMILES string of the molecule is FC(F)(F)C(F)(F)C(F)(F)C(F)(F)C(F)(F)C(F)(F)C(F)(F)C(F)(F)F.O=[P+](O)O. The molecule has 0 bridgehead atoms. The Hall–Kier alpha value is -1.24. The van der Waals surface area contributed by atoms with E-state index in [9.17, 15) is 79.0 Å². The number of halogens is 18. The van der Waals surface area contributed by atoms with E-state index in [1.807, 2.05) is 0 Å². The minimum Gasteiger partial charge on any atom is -0.192 e. The van der Waals surface area contributed by atoms with E-state index in [0.717, 1.165) is 0 Å². The van der Waals surface area contributed by atoms with E-state index in [4.69, 9.17) is 14.4 Å². The van der Waals surface area contributed by atoms with Crippen molar-refractivity contribution in [3.8, 4) is 0 Å². The topological polar surface area (TPSA) is 57.5 Å². The standard InChI is InChI=1S/C8F18.HO3P/c9-1(10,3(13,14)5(17,18)7(21,22)23)2(11,12)4(15,16)6(19,20)8(24,25)26;1-4(2)3/h;(H-,1,2,3)/p+1. The number of alkyl halides is 18. The van der Waals surface area contributed by atoms with Gasteiger partial charge in [-0.05, 0) is 0 Å². The zero-order valence-corrected chi connectivity index (χ0v) is 13.4. The van der Waals surface area contributed by atoms with E-state index in [1.165, 1.54) is 0 Å². The molecule has 0 unspecified atom stereocenters. The maximum absolute atomic E-state index is 12.8. The molecule has 0 radical (unpaired) electrons. The minimum absolute atomic E-state index is 2.87. The Morgan fingerprint density at radius 1 is 0.367 bits per heavy atom. The van der Waals surface area contributed by atoms with Crippen molar-refractivity contribution in [3.63, 3.8) is 0 Å². The summed E-state index contributed by atoms with van der Waals surface area (Å²) >= 11 is 0. The van der Waals surface area contributed by atoms with Crippen LogP contribution in [0.2, 0.25) is 0 Å². The van der Waals surface area contributed by atoms with Crippen LogP contribution in [0.5, 0.6) is 0 Å². The molecule has 0 aliphatic heterocycles. The Labute approximate surface area is 151 Å². The summed E-state index contributed by atoms with van der Waals surface area (Å²) in [4.78, 5) is 14.2. The second-order valence-corrected chi connectivity index (χ2v) is 5.20. The van der Waals surface area contributed by atoms with E-state index in [1.54, 1.807) is 0 Å². The summed E-state index contributed by atoms with van der Waals surface area (Å²) < 4.78 is 229. The molecule has 0 saturated carbocycles. The highest BCUT2D eigenvalue weighted by Crippen LogP contribution is 2.63. The number of rotatable bonds is 5. The highest BCUT2D eigenvalue weighted by atomic mass is 31.1. The van der Waals surface area contributed by atoms with Crippen molar-refractivity contribution in [3.05, 3.63) is 0 Å². The molecule has 2 N–H and O–H groups in total. The first kappa shape index (κ1) is 30.9. The van der Waals surface area contributed by atoms with Crippen LogP contribution in [-0.2, 0) is 4.57 Å². The molecule has 0 amide bonds. The first-order valence-corrected chi connectivity index (χ1v) is 6.90. The average molecular weight is 519 g/mol. The quantitative estimate of drug-likeness (QED) is 0.370. The highest BCUT2D eigenvalue weighted by Gasteiger charge is 2.95. The summed E-state index contributed by atoms with van der Waals surface area (Å²) in [6.45, 7) is 0. The second-order valence-electron chi connectivity index (χ2n) is 4.69. The molecule has 0 aromatic rings. The summed E-state index contributed by atoms with van der Waals surface area (Å²) in [5.41, 5.74) is 0. The highest BCUT2D eigenvalue weighted by molar-refractivity contribution is 7.30. The van der Waals surface area contributed by atoms with Gasteiger partial charge < -0.3 is 0 Å². The van der Waals surface area contributed by atoms with E-state index in [-0.39, 0.29) is 0 Å². The van der Waals surface area contributed by atoms with Gasteiger partial charge in [-0.3, -0.25) is 0 Å². The Balaban J connectivity index is 0. The smallest absolute Gasteiger partial charge is 0.192 e. The lowest BCUT2D eigenvalue weighted by Crippen LogP contribution is -2.74. The van der Waals surface area contributed by atoms with Crippen LogP contribution in [0, 0.1) is 0 Å². The normalized spacial score (nSPS) is 15.5. The summed E-state index contributed by atoms with van der Waals surface area (Å²) in [5.74, 6) is -51.0. The Morgan fingerprint density at radius 2 is 0.467 bits per heavy atom. The van der Waals surface area contributed by atoms with Gasteiger partial charge in [0.05, 0.1) is 0 Å². The Bertz CT molecular complexity index is 566. The Kier molecular flexibility index (Phi) is 8.28. The van der Waals surface area contributed by atoms with Gasteiger partial charge in [-0.1, -0.05) is 0 Å². The molecule has 0 aromatic carbocycles. The van der Waals surface area contributed by atoms with E-state index in [0.29, 0.717) is 0 Å². The third kappa shape index (κ3) is 4.66. The largest absolute Gasteiger partial charge is 0.692 e. The molecule has 0 aliphatic carbocycles. The summed E-state index contributed by atoms with van der Waals surface area (Å²) in [6.07, 6.45) is -15.6. The fourth-order valence-electron chi connectivity index (χ4n) is 1.14. The Morgan fingerprint density at radius 3 is 0.567 bits per heavy atom. The molecule has 0 spiro atoms. The van der Waals surface area contributed by atoms with Crippen LogP contribution in [0.15, 0.2) is 0 Å². The predicted molar refractivity (Wildman–Crippen MR) is 53.8 cm³/mol. The summed E-state index contributed by atoms with van der Waals surface area (Å²) in [5, 5.41) is 0. The molecular weight excluding hydrogens is 517 g/mol. The lowest BCUT2D eigenvalue weighted by atomic mass is 9.91. The molecule has 0 fully saturated rings. The van der Waals surface area contributed by atoms with E-state index >= 15 is 0 Å². The third-order valence-electron chi connectivity index (χ3n) is 2.68. The maximum atomic E-state index is 12.8. The van der Waals surface area contributed by atoms with Crippen molar-refractivity contribution in [2.75, 3.05) is 0 Å². The van der Waals surface area contributed by atoms with Gasteiger partial charge in [0.25, 0.3) is 0 Å². The van der Waals surface area contributed by atoms with Crippen LogP contribution in [0.4, 0.5) is 79.0 Å². The molecule has 0 aliphatic rings. The molecule has 0 saturated heterocycles. The predicted octanol–water partition coefficient (Wildman–Crippen LogP) is 5.55. The minimum atomic E-state index is -8.72. The van der Waals surface area contributed by atoms with Crippen LogP contribution < -0.4 is 0 Å². The summed E-state index contributed by atoms with van der Waals surface area (Å²) in [7, 11) is -2.87. The van der Waals surface area contributed by atoms with Crippen molar-refractivity contribution >= 4 is 8.25 Å². The monoisotopic (exact) mass is 519 g/mol. The van der Waals surface area contributed by atoms with Gasteiger partial charge in [0, 0.05) is 4.57 Å². The van der Waals surface area contributed by atoms with Gasteiger partial charge in [0.15, 0.2) is 0 Å². The van der Waals surface area contributed by atoms with Gasteiger partial charge in [-0.25, -0.2) is 0 Å². The summed E-state index contributed by atoms with van der Waals surface area (Å²) in [6, 6.07) is 0. The maximum Gasteiger partial charge on any atom is 0.692 e. The van der Waals surface area contributed by atoms with Gasteiger partial charge in [0.2, 0.25) is 0 Å². The van der Waals surface area contributed by atoms with Crippen LogP contribution in [0.3, 0.4) is 0 Å². The van der Waals surface area contributed by atoms with E-state index in [2.05, 4.69) is 0 Å². The van der Waals surface area contributed by atoms with Gasteiger partial charge in [0.1, 0.15) is 0 Å². The lowest BCUT2D eigenvalue weighted by Gasteiger charge is -2.41. The van der Waals surface area contributed by atoms with Crippen LogP contribution >= 0.6 is 8.25 Å². The molecule has 3 nitrogen and oxygen atoms in total. The zero-order chi connectivity index (χ0) is 25.6. The van der Waals surface area contributed by atoms with Crippen LogP contribution in [-0.4, -0.2) is 57.7 Å². The van der Waals surface area contributed by atoms with Crippen molar-refractivity contribution in [2.24, 2.45) is 0 Å². The zero-order valence-electron chi connectivity index (χ0n) is 12.6. The van der Waals surface area contributed by atoms with Crippen molar-refractivity contribution in [1.29, 1.82) is 0 Å². The average Bonchev–Trinajstić information content (AvgIpc) is 2.42. The molecule has 0 heterocycles. The number of hydrogen-bond acceptors (Lipinski definition) is 1. The first-order valence-electron chi connectivity index (χ1n) is 5.73. The molecule has 0 atom stereocenters. The molecule has 0 rings (SSSR count). The van der Waals surface area contributed by atoms with Crippen molar-refractivity contribution in [1.82, 2.24) is 0 Å². The fourth-order valence-corrected chi connectivity index (χ4v) is 1.14. The third-order valence-corrected chi connectivity index (χ3v) is 2.68. The molecule has 30 heavy (non-hydrogen) atoms. The molecule has 182 valence electrons. The van der Waals surface area contributed by atoms with Crippen molar-refractivity contribution < 1.29 is 93.4 Å².